The second kappa shape index (κ2) is 50.7. The van der Waals surface area contributed by atoms with E-state index in [9.17, 15) is 34.5 Å². The third kappa shape index (κ3) is 40.8. The van der Waals surface area contributed by atoms with Gasteiger partial charge in [0.05, 0.1) is 6.61 Å². The first-order valence-corrected chi connectivity index (χ1v) is 29.6. The van der Waals surface area contributed by atoms with Gasteiger partial charge in [-0.1, -0.05) is 196 Å². The molecular weight excluding hydrogens is 949 g/mol. The van der Waals surface area contributed by atoms with Crippen LogP contribution in [-0.2, 0) is 42.9 Å². The molecule has 0 aromatic carbocycles. The topological polar surface area (TPSA) is 175 Å². The van der Waals surface area contributed by atoms with Gasteiger partial charge in [0.15, 0.2) is 24.6 Å². The molecule has 75 heavy (non-hydrogen) atoms. The van der Waals surface area contributed by atoms with Gasteiger partial charge in [-0.2, -0.15) is 0 Å². The Labute approximate surface area is 454 Å². The molecule has 1 heterocycles. The largest absolute Gasteiger partial charge is 0.479 e. The SMILES string of the molecule is CC/C=C\C/C=C\C/C=C\C/C=C\CCCCCCC(=O)OCC(COC1OC(C(=O)O)C(O)C(O)C1OC(=O)CCCCCCCCC/C=C\C/C=C\CCCCC)OC(=O)CCCCCCC/C=C\CCCC. The standard InChI is InChI=1S/C63H104O12/c1-4-7-10-13-16-19-22-24-26-28-30-32-35-37-40-43-46-49-55(64)71-52-54(73-56(65)50-47-44-41-38-34-21-18-15-12-9-6-3)53-72-63-61(59(68)58(67)60(75-63)62(69)70)74-57(66)51-48-45-42-39-36-33-31-29-27-25-23-20-17-14-11-8-5-2/h7,10,15-20,24-27,30,32,54,58-61,63,67-68H,4-6,8-9,11-14,21-23,28-29,31,33-53H2,1-3H3,(H,69,70)/b10-7-,18-15-,19-16-,20-17-,26-24-,27-25-,32-30-. The molecule has 1 aliphatic heterocycles. The number of esters is 3. The van der Waals surface area contributed by atoms with Crippen molar-refractivity contribution in [2.24, 2.45) is 0 Å². The summed E-state index contributed by atoms with van der Waals surface area (Å²) >= 11 is 0. The number of carbonyl (C=O) groups excluding carboxylic acids is 3. The van der Waals surface area contributed by atoms with Crippen LogP contribution >= 0.6 is 0 Å². The molecule has 428 valence electrons. The Kier molecular flexibility index (Phi) is 46.6. The first kappa shape index (κ1) is 68.9. The van der Waals surface area contributed by atoms with Crippen molar-refractivity contribution in [3.8, 4) is 0 Å². The van der Waals surface area contributed by atoms with Crippen molar-refractivity contribution in [1.82, 2.24) is 0 Å². The van der Waals surface area contributed by atoms with E-state index in [4.69, 9.17) is 23.7 Å². The molecule has 0 aliphatic carbocycles. The van der Waals surface area contributed by atoms with Crippen molar-refractivity contribution in [2.45, 2.75) is 276 Å². The highest BCUT2D eigenvalue weighted by molar-refractivity contribution is 5.74. The number of unbranched alkanes of at least 4 members (excludes halogenated alkanes) is 21. The maximum absolute atomic E-state index is 13.1. The fraction of sp³-hybridized carbons (Fsp3) is 0.714. The van der Waals surface area contributed by atoms with E-state index in [2.05, 4.69) is 106 Å². The Balaban J connectivity index is 2.69. The van der Waals surface area contributed by atoms with Gasteiger partial charge in [-0.25, -0.2) is 4.79 Å². The molecule has 1 saturated heterocycles. The summed E-state index contributed by atoms with van der Waals surface area (Å²) in [4.78, 5) is 51.1. The molecular formula is C63H104O12. The molecule has 3 N–H and O–H groups in total. The van der Waals surface area contributed by atoms with Crippen LogP contribution in [0, 0.1) is 0 Å². The van der Waals surface area contributed by atoms with E-state index in [-0.39, 0.29) is 25.9 Å². The van der Waals surface area contributed by atoms with Crippen LogP contribution in [0.15, 0.2) is 85.1 Å². The molecule has 0 saturated carbocycles. The Morgan fingerprint density at radius 3 is 1.33 bits per heavy atom. The molecule has 0 amide bonds. The van der Waals surface area contributed by atoms with Crippen LogP contribution in [0.2, 0.25) is 0 Å². The normalized spacial score (nSPS) is 18.8. The van der Waals surface area contributed by atoms with Crippen molar-refractivity contribution in [3.63, 3.8) is 0 Å². The predicted molar refractivity (Wildman–Crippen MR) is 303 cm³/mol. The van der Waals surface area contributed by atoms with E-state index < -0.39 is 67.3 Å². The van der Waals surface area contributed by atoms with Gasteiger partial charge in [-0.05, 0) is 109 Å². The van der Waals surface area contributed by atoms with Crippen LogP contribution < -0.4 is 0 Å². The third-order valence-electron chi connectivity index (χ3n) is 12.9. The first-order valence-electron chi connectivity index (χ1n) is 29.6. The molecule has 0 radical (unpaired) electrons. The molecule has 12 nitrogen and oxygen atoms in total. The van der Waals surface area contributed by atoms with Crippen molar-refractivity contribution in [1.29, 1.82) is 0 Å². The number of hydrogen-bond donors (Lipinski definition) is 3. The zero-order valence-electron chi connectivity index (χ0n) is 47.0. The summed E-state index contributed by atoms with van der Waals surface area (Å²) in [5.41, 5.74) is 0. The fourth-order valence-corrected chi connectivity index (χ4v) is 8.37. The Hall–Kier alpha value is -4.10. The summed E-state index contributed by atoms with van der Waals surface area (Å²) < 4.78 is 28.4. The van der Waals surface area contributed by atoms with E-state index in [1.54, 1.807) is 0 Å². The van der Waals surface area contributed by atoms with Crippen molar-refractivity contribution < 1.29 is 58.2 Å². The van der Waals surface area contributed by atoms with Crippen LogP contribution in [0.25, 0.3) is 0 Å². The van der Waals surface area contributed by atoms with Gasteiger partial charge in [-0.15, -0.1) is 0 Å². The molecule has 6 atom stereocenters. The van der Waals surface area contributed by atoms with E-state index in [0.29, 0.717) is 19.3 Å². The van der Waals surface area contributed by atoms with E-state index >= 15 is 0 Å². The van der Waals surface area contributed by atoms with Crippen LogP contribution in [0.1, 0.15) is 239 Å². The number of rotatable bonds is 49. The van der Waals surface area contributed by atoms with Crippen molar-refractivity contribution in [3.05, 3.63) is 85.1 Å². The lowest BCUT2D eigenvalue weighted by atomic mass is 9.98. The quantitative estimate of drug-likeness (QED) is 0.0228. The summed E-state index contributed by atoms with van der Waals surface area (Å²) in [5, 5.41) is 31.5. The summed E-state index contributed by atoms with van der Waals surface area (Å²) in [6, 6.07) is 0. The lowest BCUT2D eigenvalue weighted by Gasteiger charge is -2.40. The van der Waals surface area contributed by atoms with Gasteiger partial charge in [-0.3, -0.25) is 14.4 Å². The molecule has 1 fully saturated rings. The number of hydrogen-bond acceptors (Lipinski definition) is 11. The highest BCUT2D eigenvalue weighted by atomic mass is 16.7. The van der Waals surface area contributed by atoms with E-state index in [1.807, 2.05) is 0 Å². The highest BCUT2D eigenvalue weighted by Crippen LogP contribution is 2.26. The predicted octanol–water partition coefficient (Wildman–Crippen LogP) is 15.1. The summed E-state index contributed by atoms with van der Waals surface area (Å²) in [6.45, 7) is 5.78. The van der Waals surface area contributed by atoms with Gasteiger partial charge in [0.2, 0.25) is 0 Å². The molecule has 0 aromatic heterocycles. The van der Waals surface area contributed by atoms with Crippen LogP contribution in [0.4, 0.5) is 0 Å². The number of carboxylic acids is 1. The number of ether oxygens (including phenoxy) is 5. The fourth-order valence-electron chi connectivity index (χ4n) is 8.37. The zero-order chi connectivity index (χ0) is 54.7. The van der Waals surface area contributed by atoms with Crippen molar-refractivity contribution in [2.75, 3.05) is 13.2 Å². The van der Waals surface area contributed by atoms with Crippen LogP contribution in [0.5, 0.6) is 0 Å². The molecule has 1 aliphatic rings. The summed E-state index contributed by atoms with van der Waals surface area (Å²) in [6.07, 6.45) is 52.6. The first-order chi connectivity index (χ1) is 36.6. The summed E-state index contributed by atoms with van der Waals surface area (Å²) in [5.74, 6) is -3.18. The number of aliphatic hydroxyl groups excluding tert-OH is 2. The number of allylic oxidation sites excluding steroid dienone is 14. The maximum Gasteiger partial charge on any atom is 0.335 e. The smallest absolute Gasteiger partial charge is 0.335 e. The number of carbonyl (C=O) groups is 4. The van der Waals surface area contributed by atoms with Gasteiger partial charge in [0.1, 0.15) is 18.8 Å². The molecule has 0 aromatic rings. The monoisotopic (exact) mass is 1050 g/mol. The Morgan fingerprint density at radius 2 is 0.853 bits per heavy atom. The summed E-state index contributed by atoms with van der Waals surface area (Å²) in [7, 11) is 0. The number of carboxylic acid groups (broad SMARTS) is 1. The van der Waals surface area contributed by atoms with Gasteiger partial charge in [0.25, 0.3) is 0 Å². The minimum absolute atomic E-state index is 0.0454. The minimum Gasteiger partial charge on any atom is -0.479 e. The van der Waals surface area contributed by atoms with Gasteiger partial charge < -0.3 is 39.0 Å². The van der Waals surface area contributed by atoms with E-state index in [1.165, 1.54) is 32.1 Å². The second-order valence-corrected chi connectivity index (χ2v) is 19.9. The zero-order valence-corrected chi connectivity index (χ0v) is 47.0. The lowest BCUT2D eigenvalue weighted by Crippen LogP contribution is -2.61. The molecule has 1 rings (SSSR count). The van der Waals surface area contributed by atoms with Crippen LogP contribution in [-0.4, -0.2) is 89.2 Å². The average molecular weight is 1050 g/mol. The molecule has 12 heteroatoms. The highest BCUT2D eigenvalue weighted by Gasteiger charge is 2.50. The van der Waals surface area contributed by atoms with Gasteiger partial charge in [0, 0.05) is 19.3 Å². The molecule has 0 spiro atoms. The molecule has 0 bridgehead atoms. The van der Waals surface area contributed by atoms with Gasteiger partial charge >= 0.3 is 23.9 Å². The Morgan fingerprint density at radius 1 is 0.453 bits per heavy atom. The number of aliphatic carboxylic acids is 1. The Bertz CT molecular complexity index is 1630. The molecule has 6 unspecified atom stereocenters. The average Bonchev–Trinajstić information content (AvgIpc) is 3.39. The maximum atomic E-state index is 13.1. The van der Waals surface area contributed by atoms with Crippen LogP contribution in [0.3, 0.4) is 0 Å². The lowest BCUT2D eigenvalue weighted by molar-refractivity contribution is -0.301. The number of aliphatic hydroxyl groups is 2. The minimum atomic E-state index is -1.91. The third-order valence-corrected chi connectivity index (χ3v) is 12.9. The second-order valence-electron chi connectivity index (χ2n) is 19.9. The van der Waals surface area contributed by atoms with E-state index in [0.717, 1.165) is 148 Å². The van der Waals surface area contributed by atoms with Crippen molar-refractivity contribution >= 4 is 23.9 Å².